The van der Waals surface area contributed by atoms with E-state index >= 15 is 14.4 Å². The Hall–Kier alpha value is -8.60. The third-order valence-corrected chi connectivity index (χ3v) is 19.3. The van der Waals surface area contributed by atoms with Gasteiger partial charge in [0.25, 0.3) is 0 Å². The lowest BCUT2D eigenvalue weighted by Crippen LogP contribution is -2.63. The van der Waals surface area contributed by atoms with Crippen LogP contribution in [0.15, 0.2) is 78.9 Å². The van der Waals surface area contributed by atoms with Gasteiger partial charge in [0.05, 0.1) is 76.9 Å². The average Bonchev–Trinajstić information content (AvgIpc) is 0.775. The average molecular weight is 1450 g/mol. The molecular formula is C69H78Cl2N6O24. The van der Waals surface area contributed by atoms with Gasteiger partial charge in [-0.2, -0.15) is 0 Å². The number of carbonyl (C=O) groups excluding carboxylic acids is 7. The Morgan fingerprint density at radius 1 is 0.743 bits per heavy atom. The highest BCUT2D eigenvalue weighted by Crippen LogP contribution is 2.51. The van der Waals surface area contributed by atoms with E-state index in [2.05, 4.69) is 21.3 Å². The van der Waals surface area contributed by atoms with Gasteiger partial charge in [-0.05, 0) is 118 Å². The number of aliphatic hydroxyl groups is 6. The summed E-state index contributed by atoms with van der Waals surface area (Å²) >= 11 is 14.2. The number of primary amides is 1. The molecule has 5 aromatic rings. The fraction of sp³-hybridized carbons (Fsp3) is 0.449. The molecule has 2 fully saturated rings. The first-order valence-corrected chi connectivity index (χ1v) is 33.0. The van der Waals surface area contributed by atoms with Gasteiger partial charge in [-0.1, -0.05) is 41.4 Å². The number of nitrogens with two attached hydrogens (primary N) is 2. The number of phenolic OH excluding ortho intramolecular Hbond substituents is 3. The van der Waals surface area contributed by atoms with E-state index in [1.165, 1.54) is 44.3 Å². The number of carboxylic acid groups (broad SMARTS) is 1. The van der Waals surface area contributed by atoms with Gasteiger partial charge in [0.1, 0.15) is 53.1 Å². The maximum atomic E-state index is 16.1. The van der Waals surface area contributed by atoms with E-state index in [0.29, 0.717) is 0 Å². The van der Waals surface area contributed by atoms with Crippen LogP contribution < -0.4 is 46.9 Å². The third kappa shape index (κ3) is 16.0. The van der Waals surface area contributed by atoms with Gasteiger partial charge in [0.15, 0.2) is 47.4 Å². The van der Waals surface area contributed by atoms with Crippen LogP contribution in [-0.4, -0.2) is 178 Å². The summed E-state index contributed by atoms with van der Waals surface area (Å²) < 4.78 is 38.5. The van der Waals surface area contributed by atoms with Crippen molar-refractivity contribution in [3.8, 4) is 57.1 Å². The van der Waals surface area contributed by atoms with Crippen LogP contribution in [0.25, 0.3) is 11.1 Å². The Bertz CT molecular complexity index is 4060. The molecule has 4 amide bonds. The van der Waals surface area contributed by atoms with E-state index in [-0.39, 0.29) is 56.6 Å². The number of aromatic hydroxyl groups is 3. The van der Waals surface area contributed by atoms with Crippen LogP contribution in [0, 0.1) is 17.8 Å². The number of ketones is 3. The molecule has 5 aromatic carbocycles. The number of amides is 4. The van der Waals surface area contributed by atoms with E-state index in [1.54, 1.807) is 20.8 Å². The molecule has 1 saturated carbocycles. The minimum absolute atomic E-state index is 0.0998. The molecule has 30 nitrogen and oxygen atoms in total. The number of carboxylic acids is 1. The Morgan fingerprint density at radius 2 is 1.38 bits per heavy atom. The van der Waals surface area contributed by atoms with Crippen molar-refractivity contribution in [3.63, 3.8) is 0 Å². The Kier molecular flexibility index (Phi) is 22.7. The molecular weight excluding hydrogens is 1370 g/mol. The summed E-state index contributed by atoms with van der Waals surface area (Å²) in [5.41, 5.74) is 8.70. The number of nitrogens with one attached hydrogen (secondary N) is 4. The monoisotopic (exact) mass is 1440 g/mol. The summed E-state index contributed by atoms with van der Waals surface area (Å²) in [6.07, 6.45) is -20.6. The topological polar surface area (TPSA) is 494 Å². The van der Waals surface area contributed by atoms with Crippen molar-refractivity contribution >= 4 is 70.1 Å². The van der Waals surface area contributed by atoms with Gasteiger partial charge in [-0.3, -0.25) is 38.9 Å². The number of hydrogen-bond donors (Lipinski definition) is 16. The highest BCUT2D eigenvalue weighted by atomic mass is 35.5. The van der Waals surface area contributed by atoms with Crippen LogP contribution in [0.4, 0.5) is 0 Å². The number of rotatable bonds is 14. The van der Waals surface area contributed by atoms with Gasteiger partial charge < -0.3 is 107 Å². The molecule has 6 aliphatic heterocycles. The summed E-state index contributed by atoms with van der Waals surface area (Å²) in [6.45, 7) is 5.61. The van der Waals surface area contributed by atoms with Crippen molar-refractivity contribution < 1.29 is 118 Å². The summed E-state index contributed by atoms with van der Waals surface area (Å²) in [4.78, 5) is 117. The van der Waals surface area contributed by atoms with Gasteiger partial charge in [0, 0.05) is 66.5 Å². The molecule has 1 unspecified atom stereocenters. The number of benzene rings is 5. The molecule has 32 heteroatoms. The lowest BCUT2D eigenvalue weighted by molar-refractivity contribution is -0.286. The number of Topliss-reactive ketones (excluding diaryl/α,β-unsaturated/α-hetero) is 3. The molecule has 7 aliphatic rings. The number of fused-ring (bicyclic) bond motifs is 15. The third-order valence-electron chi connectivity index (χ3n) is 18.7. The molecule has 18 atom stereocenters. The molecule has 11 bridgehead atoms. The quantitative estimate of drug-likeness (QED) is 0.0710. The van der Waals surface area contributed by atoms with Crippen LogP contribution in [0.2, 0.25) is 10.0 Å². The Labute approximate surface area is 586 Å². The van der Waals surface area contributed by atoms with Crippen LogP contribution in [-0.2, 0) is 52.6 Å². The van der Waals surface area contributed by atoms with Gasteiger partial charge in [-0.15, -0.1) is 0 Å². The number of aliphatic carboxylic acids is 1. The lowest BCUT2D eigenvalue weighted by atomic mass is 9.80. The Balaban J connectivity index is 1.24. The molecule has 101 heavy (non-hydrogen) atoms. The Morgan fingerprint density at radius 3 is 1.96 bits per heavy atom. The highest BCUT2D eigenvalue weighted by molar-refractivity contribution is 6.32. The maximum Gasteiger partial charge on any atom is 0.330 e. The van der Waals surface area contributed by atoms with E-state index < -0.39 is 245 Å². The molecule has 6 heterocycles. The first-order valence-electron chi connectivity index (χ1n) is 32.3. The fourth-order valence-electron chi connectivity index (χ4n) is 13.4. The van der Waals surface area contributed by atoms with Crippen LogP contribution in [0.1, 0.15) is 124 Å². The minimum atomic E-state index is -2.19. The second-order valence-corrected chi connectivity index (χ2v) is 27.3. The second-order valence-electron chi connectivity index (χ2n) is 26.5. The van der Waals surface area contributed by atoms with E-state index in [4.69, 9.17) is 63.1 Å². The minimum Gasteiger partial charge on any atom is -0.508 e. The number of phenols is 3. The van der Waals surface area contributed by atoms with E-state index in [0.717, 1.165) is 48.5 Å². The molecule has 1 aliphatic carbocycles. The summed E-state index contributed by atoms with van der Waals surface area (Å²) in [7, 11) is 1.41. The van der Waals surface area contributed by atoms with E-state index in [9.17, 15) is 75.0 Å². The molecule has 0 spiro atoms. The van der Waals surface area contributed by atoms with Crippen molar-refractivity contribution in [2.75, 3.05) is 13.7 Å². The maximum absolute atomic E-state index is 16.1. The van der Waals surface area contributed by atoms with Crippen LogP contribution >= 0.6 is 23.2 Å². The summed E-state index contributed by atoms with van der Waals surface area (Å²) in [6, 6.07) is 8.25. The smallest absolute Gasteiger partial charge is 0.330 e. The van der Waals surface area contributed by atoms with Crippen molar-refractivity contribution in [3.05, 3.63) is 117 Å². The SMILES string of the molecule is CN[C@H](OC(C)C)C(=O)C[C@H]1C(=O)N[C@@H](CC(N)=O)C(=O)C[C@H]2C(=O)N[C@H]3C(=O)CC(C(=O)N[C@H](C(=O)O)c4cc(O)cc(O)c4-c4cc3ccc4O)[C@H](O)c3ccc(c(Cl)c3)Oc3cc2cc(c3O[C@@H]2C[C@H](CO)[C@@H](O)[C@H](O)[C@H]2O[C@H]2C[C@](C)(N)[C@H](O)[C@H](C)O2)Oc2ccc(cc2Cl)[C@H]1O. The van der Waals surface area contributed by atoms with Gasteiger partial charge in [0.2, 0.25) is 29.4 Å². The molecule has 0 aromatic heterocycles. The van der Waals surface area contributed by atoms with Crippen molar-refractivity contribution in [1.29, 1.82) is 0 Å². The molecule has 0 radical (unpaired) electrons. The van der Waals surface area contributed by atoms with E-state index in [1.807, 2.05) is 0 Å². The molecule has 542 valence electrons. The van der Waals surface area contributed by atoms with Crippen LogP contribution in [0.5, 0.6) is 46.0 Å². The van der Waals surface area contributed by atoms with Gasteiger partial charge in [-0.25, -0.2) is 4.79 Å². The zero-order chi connectivity index (χ0) is 73.5. The normalized spacial score (nSPS) is 29.6. The predicted molar refractivity (Wildman–Crippen MR) is 353 cm³/mol. The zero-order valence-corrected chi connectivity index (χ0v) is 56.5. The second kappa shape index (κ2) is 30.5. The predicted octanol–water partition coefficient (Wildman–Crippen LogP) is 3.17. The number of likely N-dealkylation sites (N-methyl/N-ethyl adjacent to an activating group) is 1. The summed E-state index contributed by atoms with van der Waals surface area (Å²) in [5, 5.41) is 124. The fourth-order valence-corrected chi connectivity index (χ4v) is 13.9. The first kappa shape index (κ1) is 75.1. The highest BCUT2D eigenvalue weighted by Gasteiger charge is 2.51. The molecule has 1 saturated heterocycles. The van der Waals surface area contributed by atoms with Gasteiger partial charge >= 0.3 is 5.97 Å². The number of halogens is 2. The molecule has 18 N–H and O–H groups in total. The lowest BCUT2D eigenvalue weighted by Gasteiger charge is -2.47. The first-order chi connectivity index (χ1) is 47.7. The standard InChI is InChI=1S/C69H78Cl2N6O24/c1-26(2)96-67(74-5)46(84)22-38-58(87)30-8-11-48(40(71)14-30)99-50-16-31-15-49(61(50)100-51-17-32(25-78)59(88)60(89)62(51)101-53-24-69(4,73)63(90)27(3)97-53)98-47-10-7-29(13-39(47)70)57(86)37-21-45(83)55(76-64(91)34(31)20-43(81)41(23-52(72)85)75-65(38)92)28-6-9-42(80)35(12-28)54-36(18-33(79)19-44(54)82)56(68(94)95)77-66(37)93/h6-16,18-19,26-27,32,34,37-38,41,51,53,55-60,62-63,67,74,78-80,82,86-90H,17,20-25,73H2,1-5H3,(H2,72,85)(H,75,92)(H,76,91)(H,77,93)(H,94,95)/t27-,32+,34+,37?,38+,41-,51+,53-,55+,56-,57+,58+,59+,60-,62-,63+,67+,69-/m0/s1. The number of aliphatic hydroxyl groups excluding tert-OH is 6. The number of ether oxygens (including phenoxy) is 6. The summed E-state index contributed by atoms with van der Waals surface area (Å²) in [5.74, 6) is -21.1. The molecule has 12 rings (SSSR count). The van der Waals surface area contributed by atoms with Crippen LogP contribution in [0.3, 0.4) is 0 Å². The van der Waals surface area contributed by atoms with Crippen molar-refractivity contribution in [2.24, 2.45) is 29.2 Å². The number of hydrogen-bond acceptors (Lipinski definition) is 25. The largest absolute Gasteiger partial charge is 0.508 e. The number of carbonyl (C=O) groups is 8. The zero-order valence-electron chi connectivity index (χ0n) is 54.9. The van der Waals surface area contributed by atoms with Crippen molar-refractivity contribution in [2.45, 2.75) is 163 Å². The van der Waals surface area contributed by atoms with Crippen molar-refractivity contribution in [1.82, 2.24) is 21.3 Å².